The zero-order valence-corrected chi connectivity index (χ0v) is 12.0. The smallest absolute Gasteiger partial charge is 0.308 e. The molecule has 1 fully saturated rings. The van der Waals surface area contributed by atoms with Gasteiger partial charge in [-0.15, -0.1) is 10.2 Å². The molecule has 0 spiro atoms. The lowest BCUT2D eigenvalue weighted by Gasteiger charge is -2.31. The van der Waals surface area contributed by atoms with Gasteiger partial charge in [0.15, 0.2) is 0 Å². The van der Waals surface area contributed by atoms with Crippen LogP contribution in [0.2, 0.25) is 0 Å². The van der Waals surface area contributed by atoms with Crippen molar-refractivity contribution in [3.63, 3.8) is 0 Å². The number of carbonyl (C=O) groups excluding carboxylic acids is 1. The summed E-state index contributed by atoms with van der Waals surface area (Å²) in [6.45, 7) is 1.95. The van der Waals surface area contributed by atoms with Crippen molar-refractivity contribution in [3.05, 3.63) is 23.8 Å². The Kier molecular flexibility index (Phi) is 3.32. The molecule has 7 heteroatoms. The first-order valence-electron chi connectivity index (χ1n) is 6.82. The summed E-state index contributed by atoms with van der Waals surface area (Å²) in [7, 11) is 1.41. The maximum atomic E-state index is 11.4. The topological polar surface area (TPSA) is 95.9 Å². The van der Waals surface area contributed by atoms with E-state index in [0.717, 1.165) is 11.1 Å². The van der Waals surface area contributed by atoms with E-state index in [9.17, 15) is 4.79 Å². The number of nitrogens with zero attached hydrogens (tertiary/aromatic N) is 4. The van der Waals surface area contributed by atoms with Crippen LogP contribution in [0.4, 0.5) is 5.69 Å². The Balaban J connectivity index is 1.73. The van der Waals surface area contributed by atoms with Gasteiger partial charge in [-0.25, -0.2) is 0 Å². The molecule has 0 atom stereocenters. The summed E-state index contributed by atoms with van der Waals surface area (Å²) in [5.74, 6) is 0.325. The van der Waals surface area contributed by atoms with Crippen LogP contribution in [-0.2, 0) is 9.53 Å². The molecule has 0 radical (unpaired) electrons. The Labute approximate surface area is 122 Å². The number of methoxy groups -OCH3 is 1. The average molecular weight is 287 g/mol. The van der Waals surface area contributed by atoms with E-state index < -0.39 is 0 Å². The number of tetrazole rings is 1. The highest BCUT2D eigenvalue weighted by atomic mass is 16.5. The van der Waals surface area contributed by atoms with Crippen LogP contribution in [0.1, 0.15) is 24.4 Å². The highest BCUT2D eigenvalue weighted by Gasteiger charge is 2.37. The van der Waals surface area contributed by atoms with E-state index in [1.165, 1.54) is 7.11 Å². The molecule has 1 aliphatic carbocycles. The second-order valence-electron chi connectivity index (χ2n) is 5.35. The molecule has 1 aliphatic rings. The van der Waals surface area contributed by atoms with Gasteiger partial charge in [-0.1, -0.05) is 12.1 Å². The molecule has 1 saturated carbocycles. The number of hydrogen-bond donors (Lipinski definition) is 1. The summed E-state index contributed by atoms with van der Waals surface area (Å²) >= 11 is 0. The number of aromatic nitrogens is 4. The molecular formula is C14H17N5O2. The van der Waals surface area contributed by atoms with Crippen LogP contribution in [0.3, 0.4) is 0 Å². The molecule has 0 saturated heterocycles. The number of nitrogens with two attached hydrogens (primary N) is 1. The van der Waals surface area contributed by atoms with E-state index in [-0.39, 0.29) is 17.9 Å². The first-order valence-corrected chi connectivity index (χ1v) is 6.82. The third-order valence-electron chi connectivity index (χ3n) is 3.94. The molecule has 1 aromatic heterocycles. The molecule has 21 heavy (non-hydrogen) atoms. The minimum absolute atomic E-state index is 0.0514. The Hall–Kier alpha value is -2.44. The van der Waals surface area contributed by atoms with Gasteiger partial charge in [-0.3, -0.25) is 4.79 Å². The number of benzene rings is 1. The summed E-state index contributed by atoms with van der Waals surface area (Å²) in [6.07, 6.45) is 1.39. The molecule has 7 nitrogen and oxygen atoms in total. The molecule has 0 aliphatic heterocycles. The van der Waals surface area contributed by atoms with Crippen molar-refractivity contribution in [2.24, 2.45) is 5.92 Å². The van der Waals surface area contributed by atoms with Gasteiger partial charge < -0.3 is 10.5 Å². The van der Waals surface area contributed by atoms with E-state index in [1.807, 2.05) is 25.1 Å². The van der Waals surface area contributed by atoms with Crippen LogP contribution in [0.25, 0.3) is 11.4 Å². The fourth-order valence-electron chi connectivity index (χ4n) is 2.41. The zero-order valence-electron chi connectivity index (χ0n) is 12.0. The van der Waals surface area contributed by atoms with Crippen molar-refractivity contribution in [2.45, 2.75) is 25.8 Å². The molecule has 110 valence electrons. The van der Waals surface area contributed by atoms with Gasteiger partial charge in [0.25, 0.3) is 0 Å². The number of hydrogen-bond acceptors (Lipinski definition) is 6. The van der Waals surface area contributed by atoms with Crippen molar-refractivity contribution in [3.8, 4) is 11.4 Å². The molecule has 3 rings (SSSR count). The highest BCUT2D eigenvalue weighted by Crippen LogP contribution is 2.37. The Morgan fingerprint density at radius 3 is 2.86 bits per heavy atom. The quantitative estimate of drug-likeness (QED) is 0.676. The predicted octanol–water partition coefficient (Wildman–Crippen LogP) is 1.35. The molecule has 0 amide bonds. The summed E-state index contributed by atoms with van der Waals surface area (Å²) in [5, 5.41) is 12.5. The molecule has 2 N–H and O–H groups in total. The van der Waals surface area contributed by atoms with Crippen LogP contribution in [0, 0.1) is 12.8 Å². The third kappa shape index (κ3) is 2.46. The predicted molar refractivity (Wildman–Crippen MR) is 76.2 cm³/mol. The number of anilines is 1. The van der Waals surface area contributed by atoms with Gasteiger partial charge in [-0.05, 0) is 36.6 Å². The van der Waals surface area contributed by atoms with Crippen LogP contribution >= 0.6 is 0 Å². The van der Waals surface area contributed by atoms with Crippen molar-refractivity contribution in [1.82, 2.24) is 20.2 Å². The number of ether oxygens (including phenoxy) is 1. The lowest BCUT2D eigenvalue weighted by atomic mass is 9.81. The average Bonchev–Trinajstić information content (AvgIpc) is 2.89. The lowest BCUT2D eigenvalue weighted by Crippen LogP contribution is -2.34. The van der Waals surface area contributed by atoms with Crippen molar-refractivity contribution < 1.29 is 9.53 Å². The summed E-state index contributed by atoms with van der Waals surface area (Å²) in [6, 6.07) is 5.81. The van der Waals surface area contributed by atoms with Crippen LogP contribution < -0.4 is 5.73 Å². The first-order chi connectivity index (χ1) is 10.1. The van der Waals surface area contributed by atoms with E-state index in [1.54, 1.807) is 4.80 Å². The fraction of sp³-hybridized carbons (Fsp3) is 0.429. The maximum absolute atomic E-state index is 11.4. The third-order valence-corrected chi connectivity index (χ3v) is 3.94. The number of nitrogen functional groups attached to an aromatic ring is 1. The summed E-state index contributed by atoms with van der Waals surface area (Å²) in [4.78, 5) is 12.9. The molecular weight excluding hydrogens is 270 g/mol. The van der Waals surface area contributed by atoms with Gasteiger partial charge in [0.05, 0.1) is 19.1 Å². The van der Waals surface area contributed by atoms with Crippen LogP contribution in [0.15, 0.2) is 18.2 Å². The molecule has 0 bridgehead atoms. The van der Waals surface area contributed by atoms with Gasteiger partial charge in [0, 0.05) is 11.3 Å². The summed E-state index contributed by atoms with van der Waals surface area (Å²) < 4.78 is 4.72. The lowest BCUT2D eigenvalue weighted by molar-refractivity contribution is -0.150. The molecule has 2 aromatic rings. The van der Waals surface area contributed by atoms with E-state index in [2.05, 4.69) is 15.4 Å². The number of aryl methyl sites for hydroxylation is 1. The number of esters is 1. The monoisotopic (exact) mass is 287 g/mol. The number of rotatable bonds is 3. The van der Waals surface area contributed by atoms with Gasteiger partial charge in [0.2, 0.25) is 5.82 Å². The Bertz CT molecular complexity index is 676. The minimum atomic E-state index is -0.169. The van der Waals surface area contributed by atoms with Gasteiger partial charge in [0.1, 0.15) is 0 Å². The molecule has 1 heterocycles. The summed E-state index contributed by atoms with van der Waals surface area (Å²) in [5.41, 5.74) is 8.46. The molecule has 1 aromatic carbocycles. The Morgan fingerprint density at radius 1 is 1.43 bits per heavy atom. The Morgan fingerprint density at radius 2 is 2.19 bits per heavy atom. The zero-order chi connectivity index (χ0) is 15.0. The van der Waals surface area contributed by atoms with Crippen molar-refractivity contribution in [2.75, 3.05) is 12.8 Å². The number of carbonyl (C=O) groups is 1. The second-order valence-corrected chi connectivity index (χ2v) is 5.35. The normalized spacial score (nSPS) is 20.9. The van der Waals surface area contributed by atoms with E-state index in [4.69, 9.17) is 10.5 Å². The maximum Gasteiger partial charge on any atom is 0.308 e. The van der Waals surface area contributed by atoms with Crippen molar-refractivity contribution >= 4 is 11.7 Å². The van der Waals surface area contributed by atoms with E-state index in [0.29, 0.717) is 24.4 Å². The van der Waals surface area contributed by atoms with Crippen molar-refractivity contribution in [1.29, 1.82) is 0 Å². The van der Waals surface area contributed by atoms with Gasteiger partial charge >= 0.3 is 5.97 Å². The molecule has 0 unspecified atom stereocenters. The first kappa shape index (κ1) is 13.5. The second kappa shape index (κ2) is 5.16. The minimum Gasteiger partial charge on any atom is -0.469 e. The fourth-order valence-corrected chi connectivity index (χ4v) is 2.41. The standard InChI is InChI=1S/C14H17N5O2/c1-8-3-4-9(7-12(8)15)13-16-18-19(17-13)11-5-10(6-11)14(20)21-2/h3-4,7,10-11H,5-6,15H2,1-2H3. The highest BCUT2D eigenvalue weighted by molar-refractivity contribution is 5.73. The SMILES string of the molecule is COC(=O)C1CC(n2nnc(-c3ccc(C)c(N)c3)n2)C1. The van der Waals surface area contributed by atoms with Gasteiger partial charge in [-0.2, -0.15) is 4.80 Å². The van der Waals surface area contributed by atoms with Crippen LogP contribution in [0.5, 0.6) is 0 Å². The largest absolute Gasteiger partial charge is 0.469 e. The van der Waals surface area contributed by atoms with E-state index >= 15 is 0 Å². The van der Waals surface area contributed by atoms with Crippen LogP contribution in [-0.4, -0.2) is 33.3 Å².